The molecule has 0 bridgehead atoms. The number of fused-ring (bicyclic) bond motifs is 1. The fourth-order valence-electron chi connectivity index (χ4n) is 2.01. The van der Waals surface area contributed by atoms with E-state index in [1.165, 1.54) is 0 Å². The number of benzene rings is 2. The fraction of sp³-hybridized carbons (Fsp3) is 0.125. The van der Waals surface area contributed by atoms with Crippen molar-refractivity contribution < 1.29 is 0 Å². The molecule has 0 amide bonds. The quantitative estimate of drug-likeness (QED) is 0.742. The summed E-state index contributed by atoms with van der Waals surface area (Å²) >= 11 is 1.65. The van der Waals surface area contributed by atoms with Gasteiger partial charge in [-0.3, -0.25) is 0 Å². The van der Waals surface area contributed by atoms with Crippen LogP contribution in [-0.4, -0.2) is 9.97 Å². The number of para-hydroxylation sites is 1. The molecule has 4 heteroatoms. The zero-order valence-corrected chi connectivity index (χ0v) is 12.0. The summed E-state index contributed by atoms with van der Waals surface area (Å²) in [7, 11) is 0. The molecule has 0 aliphatic carbocycles. The molecule has 0 fully saturated rings. The largest absolute Gasteiger partial charge is 0.324 e. The Kier molecular flexibility index (Phi) is 3.67. The highest BCUT2D eigenvalue weighted by Crippen LogP contribution is 2.31. The van der Waals surface area contributed by atoms with E-state index in [-0.39, 0.29) is 6.04 Å². The molecule has 1 atom stereocenters. The molecule has 1 aromatic heterocycles. The van der Waals surface area contributed by atoms with Gasteiger partial charge in [0.25, 0.3) is 0 Å². The first-order chi connectivity index (χ1) is 9.74. The Hall–Kier alpha value is -1.91. The van der Waals surface area contributed by atoms with Crippen LogP contribution in [0.5, 0.6) is 0 Å². The molecule has 0 radical (unpaired) electrons. The standard InChI is InChI=1S/C16H15N3S/c1-11(17)12-6-8-13(9-7-12)20-16-14-4-2-3-5-15(14)18-10-19-16/h2-11H,17H2,1H3. The van der Waals surface area contributed by atoms with E-state index in [1.807, 2.05) is 31.2 Å². The van der Waals surface area contributed by atoms with Gasteiger partial charge in [0.05, 0.1) is 5.52 Å². The lowest BCUT2D eigenvalue weighted by Crippen LogP contribution is -2.04. The van der Waals surface area contributed by atoms with Crippen molar-refractivity contribution in [3.63, 3.8) is 0 Å². The summed E-state index contributed by atoms with van der Waals surface area (Å²) in [6, 6.07) is 16.4. The van der Waals surface area contributed by atoms with Crippen LogP contribution in [0.25, 0.3) is 10.9 Å². The average molecular weight is 281 g/mol. The zero-order chi connectivity index (χ0) is 13.9. The number of nitrogens with zero attached hydrogens (tertiary/aromatic N) is 2. The fourth-order valence-corrected chi connectivity index (χ4v) is 2.89. The maximum absolute atomic E-state index is 5.86. The Bertz CT molecular complexity index is 718. The van der Waals surface area contributed by atoms with Crippen LogP contribution in [-0.2, 0) is 0 Å². The normalized spacial score (nSPS) is 12.5. The van der Waals surface area contributed by atoms with Crippen LogP contribution in [0.3, 0.4) is 0 Å². The minimum Gasteiger partial charge on any atom is -0.324 e. The molecule has 2 aromatic carbocycles. The van der Waals surface area contributed by atoms with Gasteiger partial charge in [-0.2, -0.15) is 0 Å². The van der Waals surface area contributed by atoms with E-state index >= 15 is 0 Å². The first-order valence-electron chi connectivity index (χ1n) is 6.47. The van der Waals surface area contributed by atoms with E-state index in [0.29, 0.717) is 0 Å². The van der Waals surface area contributed by atoms with Crippen molar-refractivity contribution in [1.82, 2.24) is 9.97 Å². The summed E-state index contributed by atoms with van der Waals surface area (Å²) in [6.07, 6.45) is 1.61. The Balaban J connectivity index is 1.93. The van der Waals surface area contributed by atoms with Crippen LogP contribution in [0, 0.1) is 0 Å². The summed E-state index contributed by atoms with van der Waals surface area (Å²) in [5.74, 6) is 0. The van der Waals surface area contributed by atoms with Crippen LogP contribution < -0.4 is 5.73 Å². The second-order valence-electron chi connectivity index (χ2n) is 4.66. The van der Waals surface area contributed by atoms with Gasteiger partial charge < -0.3 is 5.73 Å². The van der Waals surface area contributed by atoms with E-state index in [4.69, 9.17) is 5.73 Å². The summed E-state index contributed by atoms with van der Waals surface area (Å²) < 4.78 is 0. The smallest absolute Gasteiger partial charge is 0.117 e. The molecule has 20 heavy (non-hydrogen) atoms. The first-order valence-corrected chi connectivity index (χ1v) is 7.29. The van der Waals surface area contributed by atoms with Gasteiger partial charge in [0.15, 0.2) is 0 Å². The van der Waals surface area contributed by atoms with Crippen molar-refractivity contribution in [3.8, 4) is 0 Å². The molecule has 100 valence electrons. The first kappa shape index (κ1) is 13.1. The topological polar surface area (TPSA) is 51.8 Å². The zero-order valence-electron chi connectivity index (χ0n) is 11.2. The average Bonchev–Trinajstić information content (AvgIpc) is 2.48. The minimum atomic E-state index is 0.0638. The van der Waals surface area contributed by atoms with E-state index in [9.17, 15) is 0 Å². The third-order valence-corrected chi connectivity index (χ3v) is 4.15. The molecule has 1 unspecified atom stereocenters. The van der Waals surface area contributed by atoms with Gasteiger partial charge in [-0.1, -0.05) is 42.1 Å². The van der Waals surface area contributed by atoms with E-state index in [2.05, 4.69) is 34.2 Å². The molecule has 0 aliphatic rings. The molecule has 1 heterocycles. The molecule has 0 saturated heterocycles. The molecule has 0 aliphatic heterocycles. The Morgan fingerprint density at radius 3 is 2.50 bits per heavy atom. The van der Waals surface area contributed by atoms with E-state index < -0.39 is 0 Å². The minimum absolute atomic E-state index is 0.0638. The van der Waals surface area contributed by atoms with Gasteiger partial charge in [0.1, 0.15) is 11.4 Å². The summed E-state index contributed by atoms with van der Waals surface area (Å²) in [5, 5.41) is 2.06. The summed E-state index contributed by atoms with van der Waals surface area (Å²) in [6.45, 7) is 1.99. The van der Waals surface area contributed by atoms with Crippen molar-refractivity contribution >= 4 is 22.7 Å². The monoisotopic (exact) mass is 281 g/mol. The van der Waals surface area contributed by atoms with E-state index in [1.54, 1.807) is 18.1 Å². The molecule has 2 N–H and O–H groups in total. The highest BCUT2D eigenvalue weighted by molar-refractivity contribution is 7.99. The van der Waals surface area contributed by atoms with Crippen molar-refractivity contribution in [2.75, 3.05) is 0 Å². The molecule has 3 aromatic rings. The molecule has 0 saturated carbocycles. The van der Waals surface area contributed by atoms with Crippen LogP contribution in [0.1, 0.15) is 18.5 Å². The summed E-state index contributed by atoms with van der Waals surface area (Å²) in [5.41, 5.74) is 7.97. The number of hydrogen-bond acceptors (Lipinski definition) is 4. The van der Waals surface area contributed by atoms with Crippen LogP contribution in [0.15, 0.2) is 64.8 Å². The Morgan fingerprint density at radius 2 is 1.75 bits per heavy atom. The molecule has 3 nitrogen and oxygen atoms in total. The van der Waals surface area contributed by atoms with Gasteiger partial charge in [0.2, 0.25) is 0 Å². The van der Waals surface area contributed by atoms with Crippen LogP contribution >= 0.6 is 11.8 Å². The number of nitrogens with two attached hydrogens (primary N) is 1. The highest BCUT2D eigenvalue weighted by atomic mass is 32.2. The maximum Gasteiger partial charge on any atom is 0.117 e. The van der Waals surface area contributed by atoms with Crippen LogP contribution in [0.4, 0.5) is 0 Å². The maximum atomic E-state index is 5.86. The predicted molar refractivity (Wildman–Crippen MR) is 82.7 cm³/mol. The third kappa shape index (κ3) is 2.66. The summed E-state index contributed by atoms with van der Waals surface area (Å²) in [4.78, 5) is 9.82. The predicted octanol–water partition coefficient (Wildman–Crippen LogP) is 3.80. The van der Waals surface area contributed by atoms with E-state index in [0.717, 1.165) is 26.4 Å². The SMILES string of the molecule is CC(N)c1ccc(Sc2ncnc3ccccc23)cc1. The molecular weight excluding hydrogens is 266 g/mol. The van der Waals surface area contributed by atoms with Gasteiger partial charge in [-0.25, -0.2) is 9.97 Å². The van der Waals surface area contributed by atoms with Crippen molar-refractivity contribution in [2.45, 2.75) is 22.9 Å². The second kappa shape index (κ2) is 5.61. The lowest BCUT2D eigenvalue weighted by Gasteiger charge is -2.07. The highest BCUT2D eigenvalue weighted by Gasteiger charge is 2.06. The van der Waals surface area contributed by atoms with Gasteiger partial charge in [0, 0.05) is 16.3 Å². The van der Waals surface area contributed by atoms with Crippen molar-refractivity contribution in [2.24, 2.45) is 5.73 Å². The van der Waals surface area contributed by atoms with Crippen molar-refractivity contribution in [3.05, 3.63) is 60.4 Å². The van der Waals surface area contributed by atoms with Crippen LogP contribution in [0.2, 0.25) is 0 Å². The third-order valence-electron chi connectivity index (χ3n) is 3.13. The number of rotatable bonds is 3. The number of hydrogen-bond donors (Lipinski definition) is 1. The molecule has 3 rings (SSSR count). The second-order valence-corrected chi connectivity index (χ2v) is 5.72. The lowest BCUT2D eigenvalue weighted by molar-refractivity contribution is 0.817. The number of aromatic nitrogens is 2. The Labute approximate surface area is 122 Å². The Morgan fingerprint density at radius 1 is 1.00 bits per heavy atom. The molecule has 0 spiro atoms. The van der Waals surface area contributed by atoms with Gasteiger partial charge in [-0.15, -0.1) is 0 Å². The lowest BCUT2D eigenvalue weighted by atomic mass is 10.1. The molecular formula is C16H15N3S. The van der Waals surface area contributed by atoms with Crippen molar-refractivity contribution in [1.29, 1.82) is 0 Å². The van der Waals surface area contributed by atoms with Gasteiger partial charge in [-0.05, 0) is 30.7 Å². The van der Waals surface area contributed by atoms with Gasteiger partial charge >= 0.3 is 0 Å².